The Labute approximate surface area is 105 Å². The van der Waals surface area contributed by atoms with Crippen LogP contribution in [0, 0.1) is 0 Å². The van der Waals surface area contributed by atoms with Crippen molar-refractivity contribution < 1.29 is 4.74 Å². The first-order chi connectivity index (χ1) is 7.61. The van der Waals surface area contributed by atoms with Crippen LogP contribution < -0.4 is 10.3 Å². The number of hydrogen-bond donors (Lipinski definition) is 1. The Hall–Kier alpha value is -1.55. The lowest BCUT2D eigenvalue weighted by molar-refractivity contribution is 0.415. The Morgan fingerprint density at radius 1 is 1.35 bits per heavy atom. The van der Waals surface area contributed by atoms with Crippen molar-refractivity contribution in [1.29, 1.82) is 0 Å². The van der Waals surface area contributed by atoms with Crippen molar-refractivity contribution in [3.8, 4) is 5.75 Å². The van der Waals surface area contributed by atoms with E-state index >= 15 is 0 Å². The molecule has 0 fully saturated rings. The van der Waals surface area contributed by atoms with Crippen LogP contribution in [0.5, 0.6) is 5.75 Å². The van der Waals surface area contributed by atoms with Crippen molar-refractivity contribution >= 4 is 23.3 Å². The van der Waals surface area contributed by atoms with Gasteiger partial charge in [-0.2, -0.15) is 0 Å². The van der Waals surface area contributed by atoms with Crippen LogP contribution in [0.2, 0.25) is 0 Å². The third kappa shape index (κ3) is 2.58. The van der Waals surface area contributed by atoms with E-state index in [0.29, 0.717) is 22.5 Å². The summed E-state index contributed by atoms with van der Waals surface area (Å²) in [5, 5.41) is 0.588. The summed E-state index contributed by atoms with van der Waals surface area (Å²) in [6.07, 6.45) is 0. The average Bonchev–Trinajstić information content (AvgIpc) is 2.28. The fourth-order valence-electron chi connectivity index (χ4n) is 1.54. The minimum atomic E-state index is -0.101. The summed E-state index contributed by atoms with van der Waals surface area (Å²) in [7, 11) is 1.59. The third-order valence-electron chi connectivity index (χ3n) is 2.48. The van der Waals surface area contributed by atoms with Crippen LogP contribution in [0.15, 0.2) is 23.0 Å². The molecule has 0 atom stereocenters. The standard InChI is InChI=1S/C12H14N2O2.ClH/c1-7(2)11-13-10-6-8(16-3)4-5-9(10)12(15)14-11;/h4-7H,1-3H3,(H,13,14,15);1H. The van der Waals surface area contributed by atoms with Crippen molar-refractivity contribution in [2.75, 3.05) is 7.11 Å². The first-order valence-corrected chi connectivity index (χ1v) is 5.20. The molecule has 1 N–H and O–H groups in total. The Balaban J connectivity index is 0.00000144. The van der Waals surface area contributed by atoms with Gasteiger partial charge in [-0.25, -0.2) is 4.98 Å². The topological polar surface area (TPSA) is 55.0 Å². The minimum Gasteiger partial charge on any atom is -0.497 e. The third-order valence-corrected chi connectivity index (χ3v) is 2.48. The quantitative estimate of drug-likeness (QED) is 0.896. The molecule has 92 valence electrons. The molecule has 0 bridgehead atoms. The number of benzene rings is 1. The molecule has 1 aromatic carbocycles. The number of H-pyrrole nitrogens is 1. The summed E-state index contributed by atoms with van der Waals surface area (Å²) in [4.78, 5) is 19.0. The van der Waals surface area contributed by atoms with E-state index < -0.39 is 0 Å². The zero-order valence-electron chi connectivity index (χ0n) is 9.98. The monoisotopic (exact) mass is 254 g/mol. The molecule has 5 heteroatoms. The van der Waals surface area contributed by atoms with E-state index in [1.54, 1.807) is 25.3 Å². The normalized spacial score (nSPS) is 10.4. The van der Waals surface area contributed by atoms with E-state index in [1.165, 1.54) is 0 Å². The van der Waals surface area contributed by atoms with E-state index in [-0.39, 0.29) is 23.9 Å². The Morgan fingerprint density at radius 3 is 2.65 bits per heavy atom. The molecule has 0 radical (unpaired) electrons. The highest BCUT2D eigenvalue weighted by Crippen LogP contribution is 2.17. The number of methoxy groups -OCH3 is 1. The molecule has 0 aliphatic rings. The molecule has 0 saturated carbocycles. The summed E-state index contributed by atoms with van der Waals surface area (Å²) in [6.45, 7) is 3.98. The van der Waals surface area contributed by atoms with Crippen LogP contribution in [0.1, 0.15) is 25.6 Å². The van der Waals surface area contributed by atoms with E-state index in [9.17, 15) is 4.79 Å². The van der Waals surface area contributed by atoms with Gasteiger partial charge in [0.25, 0.3) is 5.56 Å². The Kier molecular flexibility index (Phi) is 4.12. The van der Waals surface area contributed by atoms with Gasteiger partial charge < -0.3 is 9.72 Å². The summed E-state index contributed by atoms with van der Waals surface area (Å²) in [6, 6.07) is 5.26. The van der Waals surface area contributed by atoms with Crippen LogP contribution in [-0.4, -0.2) is 17.1 Å². The lowest BCUT2D eigenvalue weighted by Gasteiger charge is -2.06. The highest BCUT2D eigenvalue weighted by molar-refractivity contribution is 5.85. The molecule has 0 aliphatic heterocycles. The number of hydrogen-bond acceptors (Lipinski definition) is 3. The molecular weight excluding hydrogens is 240 g/mol. The second-order valence-corrected chi connectivity index (χ2v) is 3.99. The van der Waals surface area contributed by atoms with Crippen molar-refractivity contribution in [2.24, 2.45) is 0 Å². The van der Waals surface area contributed by atoms with Crippen molar-refractivity contribution in [2.45, 2.75) is 19.8 Å². The van der Waals surface area contributed by atoms with Crippen LogP contribution in [0.25, 0.3) is 10.9 Å². The maximum absolute atomic E-state index is 11.8. The molecule has 0 aliphatic carbocycles. The Bertz CT molecular complexity index is 578. The van der Waals surface area contributed by atoms with E-state index in [1.807, 2.05) is 13.8 Å². The molecule has 1 aromatic heterocycles. The second-order valence-electron chi connectivity index (χ2n) is 3.99. The molecule has 0 spiro atoms. The molecular formula is C12H15ClN2O2. The van der Waals surface area contributed by atoms with Crippen LogP contribution >= 0.6 is 12.4 Å². The molecule has 2 rings (SSSR count). The summed E-state index contributed by atoms with van der Waals surface area (Å²) in [5.41, 5.74) is 0.572. The number of nitrogens with zero attached hydrogens (tertiary/aromatic N) is 1. The smallest absolute Gasteiger partial charge is 0.258 e. The van der Waals surface area contributed by atoms with Gasteiger partial charge in [-0.15, -0.1) is 12.4 Å². The largest absolute Gasteiger partial charge is 0.497 e. The van der Waals surface area contributed by atoms with Crippen LogP contribution in [0.3, 0.4) is 0 Å². The number of fused-ring (bicyclic) bond motifs is 1. The fourth-order valence-corrected chi connectivity index (χ4v) is 1.54. The SMILES string of the molecule is COc1ccc2c(=O)[nH]c(C(C)C)nc2c1.Cl. The Morgan fingerprint density at radius 2 is 2.06 bits per heavy atom. The average molecular weight is 255 g/mol. The van der Waals surface area contributed by atoms with E-state index in [4.69, 9.17) is 4.74 Å². The van der Waals surface area contributed by atoms with Gasteiger partial charge in [0.2, 0.25) is 0 Å². The van der Waals surface area contributed by atoms with E-state index in [2.05, 4.69) is 9.97 Å². The van der Waals surface area contributed by atoms with Crippen molar-refractivity contribution in [3.05, 3.63) is 34.4 Å². The van der Waals surface area contributed by atoms with E-state index in [0.717, 1.165) is 0 Å². The lowest BCUT2D eigenvalue weighted by Crippen LogP contribution is -2.12. The lowest BCUT2D eigenvalue weighted by atomic mass is 10.2. The highest BCUT2D eigenvalue weighted by Gasteiger charge is 2.07. The predicted molar refractivity (Wildman–Crippen MR) is 70.3 cm³/mol. The molecule has 1 heterocycles. The maximum Gasteiger partial charge on any atom is 0.258 e. The van der Waals surface area contributed by atoms with Crippen LogP contribution in [0.4, 0.5) is 0 Å². The number of rotatable bonds is 2. The van der Waals surface area contributed by atoms with Crippen molar-refractivity contribution in [3.63, 3.8) is 0 Å². The first kappa shape index (κ1) is 13.5. The highest BCUT2D eigenvalue weighted by atomic mass is 35.5. The van der Waals surface area contributed by atoms with Gasteiger partial charge in [0.05, 0.1) is 18.0 Å². The van der Waals surface area contributed by atoms with Crippen molar-refractivity contribution in [1.82, 2.24) is 9.97 Å². The molecule has 0 saturated heterocycles. The molecule has 2 aromatic rings. The summed E-state index contributed by atoms with van der Waals surface area (Å²) >= 11 is 0. The van der Waals surface area contributed by atoms with Gasteiger partial charge in [0, 0.05) is 12.0 Å². The molecule has 17 heavy (non-hydrogen) atoms. The molecule has 0 amide bonds. The minimum absolute atomic E-state index is 0. The second kappa shape index (κ2) is 5.19. The number of aromatic nitrogens is 2. The summed E-state index contributed by atoms with van der Waals surface area (Å²) < 4.78 is 5.11. The number of halogens is 1. The predicted octanol–water partition coefficient (Wildman–Crippen LogP) is 2.48. The van der Waals surface area contributed by atoms with Gasteiger partial charge in [-0.05, 0) is 12.1 Å². The number of nitrogens with one attached hydrogen (secondary N) is 1. The molecule has 4 nitrogen and oxygen atoms in total. The fraction of sp³-hybridized carbons (Fsp3) is 0.333. The zero-order valence-corrected chi connectivity index (χ0v) is 10.8. The van der Waals surface area contributed by atoms with Crippen LogP contribution in [-0.2, 0) is 0 Å². The maximum atomic E-state index is 11.8. The van der Waals surface area contributed by atoms with Gasteiger partial charge in [-0.3, -0.25) is 4.79 Å². The van der Waals surface area contributed by atoms with Gasteiger partial charge in [0.15, 0.2) is 0 Å². The number of aromatic amines is 1. The first-order valence-electron chi connectivity index (χ1n) is 5.20. The number of ether oxygens (including phenoxy) is 1. The van der Waals surface area contributed by atoms with Gasteiger partial charge in [0.1, 0.15) is 11.6 Å². The van der Waals surface area contributed by atoms with Gasteiger partial charge in [-0.1, -0.05) is 13.8 Å². The summed E-state index contributed by atoms with van der Waals surface area (Å²) in [5.74, 6) is 1.61. The van der Waals surface area contributed by atoms with Gasteiger partial charge >= 0.3 is 0 Å². The zero-order chi connectivity index (χ0) is 11.7. The molecule has 0 unspecified atom stereocenters.